The van der Waals surface area contributed by atoms with Crippen molar-refractivity contribution < 1.29 is 28.9 Å². The summed E-state index contributed by atoms with van der Waals surface area (Å²) in [5.41, 5.74) is 1.52. The number of amides is 1. The topological polar surface area (TPSA) is 110 Å². The summed E-state index contributed by atoms with van der Waals surface area (Å²) in [7, 11) is 1.57. The Morgan fingerprint density at radius 3 is 2.82 bits per heavy atom. The van der Waals surface area contributed by atoms with Crippen molar-refractivity contribution in [1.29, 1.82) is 0 Å². The number of esters is 1. The van der Waals surface area contributed by atoms with E-state index in [1.54, 1.807) is 18.1 Å². The Labute approximate surface area is 163 Å². The van der Waals surface area contributed by atoms with Gasteiger partial charge in [-0.1, -0.05) is 0 Å². The molecule has 1 aromatic carbocycles. The Morgan fingerprint density at radius 2 is 2.11 bits per heavy atom. The second-order valence-electron chi connectivity index (χ2n) is 6.59. The third-order valence-corrected chi connectivity index (χ3v) is 4.67. The summed E-state index contributed by atoms with van der Waals surface area (Å²) in [4.78, 5) is 28.9. The maximum Gasteiger partial charge on any atom is 0.302 e. The third-order valence-electron chi connectivity index (χ3n) is 4.67. The summed E-state index contributed by atoms with van der Waals surface area (Å²) in [5.74, 6) is 1.10. The summed E-state index contributed by atoms with van der Waals surface area (Å²) < 4.78 is 16.3. The van der Waals surface area contributed by atoms with E-state index in [1.165, 1.54) is 6.92 Å². The standard InChI is InChI=1S/C19H25N3O6/c1-12(24)27-8-4-3-5-9-28-16-7-6-14-13(17(16)26-2)10-22-15(11-23)18(25)21-19(22)20-14/h6-7,15,23H,3-5,8-11H2,1-2H3,(H,20,21,25). The van der Waals surface area contributed by atoms with Gasteiger partial charge in [-0.25, -0.2) is 4.99 Å². The number of methoxy groups -OCH3 is 1. The number of carbonyl (C=O) groups excluding carboxylic acids is 2. The number of nitrogens with zero attached hydrogens (tertiary/aromatic N) is 2. The fourth-order valence-corrected chi connectivity index (χ4v) is 3.27. The van der Waals surface area contributed by atoms with Crippen LogP contribution in [-0.4, -0.2) is 60.8 Å². The number of guanidine groups is 1. The van der Waals surface area contributed by atoms with Crippen molar-refractivity contribution >= 4 is 23.5 Å². The molecule has 1 aromatic rings. The number of aliphatic hydroxyl groups excluding tert-OH is 1. The summed E-state index contributed by atoms with van der Waals surface area (Å²) in [6.07, 6.45) is 2.50. The molecule has 2 heterocycles. The molecule has 0 radical (unpaired) electrons. The van der Waals surface area contributed by atoms with Crippen molar-refractivity contribution in [3.05, 3.63) is 17.7 Å². The highest BCUT2D eigenvalue weighted by atomic mass is 16.5. The van der Waals surface area contributed by atoms with E-state index in [4.69, 9.17) is 14.2 Å². The van der Waals surface area contributed by atoms with Crippen LogP contribution in [0.3, 0.4) is 0 Å². The lowest BCUT2D eigenvalue weighted by Gasteiger charge is -2.28. The van der Waals surface area contributed by atoms with Crippen LogP contribution in [0.25, 0.3) is 0 Å². The molecule has 2 aliphatic rings. The number of aliphatic hydroxyl groups is 1. The van der Waals surface area contributed by atoms with Crippen molar-refractivity contribution in [1.82, 2.24) is 10.2 Å². The van der Waals surface area contributed by atoms with Crippen LogP contribution >= 0.6 is 0 Å². The summed E-state index contributed by atoms with van der Waals surface area (Å²) in [5, 5.41) is 12.2. The maximum atomic E-state index is 12.0. The van der Waals surface area contributed by atoms with Crippen molar-refractivity contribution in [2.24, 2.45) is 4.99 Å². The van der Waals surface area contributed by atoms with Crippen LogP contribution in [0.15, 0.2) is 17.1 Å². The highest BCUT2D eigenvalue weighted by molar-refractivity contribution is 6.08. The van der Waals surface area contributed by atoms with E-state index in [0.29, 0.717) is 42.9 Å². The molecule has 0 bridgehead atoms. The Kier molecular flexibility index (Phi) is 6.35. The number of nitrogens with one attached hydrogen (secondary N) is 1. The van der Waals surface area contributed by atoms with Crippen LogP contribution in [0.4, 0.5) is 5.69 Å². The molecule has 3 rings (SSSR count). The predicted molar refractivity (Wildman–Crippen MR) is 101 cm³/mol. The number of fused-ring (bicyclic) bond motifs is 2. The van der Waals surface area contributed by atoms with Gasteiger partial charge in [0, 0.05) is 12.5 Å². The first-order valence-corrected chi connectivity index (χ1v) is 9.28. The normalized spacial score (nSPS) is 17.4. The fraction of sp³-hybridized carbons (Fsp3) is 0.526. The molecule has 1 atom stereocenters. The molecular weight excluding hydrogens is 366 g/mol. The van der Waals surface area contributed by atoms with Gasteiger partial charge in [0.1, 0.15) is 6.04 Å². The largest absolute Gasteiger partial charge is 0.492 e. The molecule has 9 nitrogen and oxygen atoms in total. The number of unbranched alkanes of at least 4 members (excludes halogenated alkanes) is 2. The van der Waals surface area contributed by atoms with E-state index in [-0.39, 0.29) is 18.5 Å². The van der Waals surface area contributed by atoms with Crippen LogP contribution < -0.4 is 14.8 Å². The lowest BCUT2D eigenvalue weighted by atomic mass is 10.1. The SMILES string of the molecule is COc1c(OCCCCCOC(C)=O)ccc2c1CN1C(=N2)NC(=O)C1CO. The molecule has 152 valence electrons. The first-order chi connectivity index (χ1) is 13.5. The lowest BCUT2D eigenvalue weighted by molar-refractivity contribution is -0.141. The van der Waals surface area contributed by atoms with Gasteiger partial charge in [-0.3, -0.25) is 14.9 Å². The van der Waals surface area contributed by atoms with Crippen LogP contribution in [0.2, 0.25) is 0 Å². The number of hydrogen-bond donors (Lipinski definition) is 2. The first-order valence-electron chi connectivity index (χ1n) is 9.28. The smallest absolute Gasteiger partial charge is 0.302 e. The van der Waals surface area contributed by atoms with Crippen molar-refractivity contribution in [2.45, 2.75) is 38.8 Å². The van der Waals surface area contributed by atoms with Gasteiger partial charge in [-0.15, -0.1) is 0 Å². The molecule has 1 fully saturated rings. The molecule has 2 N–H and O–H groups in total. The van der Waals surface area contributed by atoms with Crippen LogP contribution in [0.5, 0.6) is 11.5 Å². The van der Waals surface area contributed by atoms with Crippen molar-refractivity contribution in [2.75, 3.05) is 26.9 Å². The summed E-state index contributed by atoms with van der Waals surface area (Å²) >= 11 is 0. The van der Waals surface area contributed by atoms with Crippen molar-refractivity contribution in [3.63, 3.8) is 0 Å². The second-order valence-corrected chi connectivity index (χ2v) is 6.59. The van der Waals surface area contributed by atoms with Gasteiger partial charge >= 0.3 is 5.97 Å². The molecule has 28 heavy (non-hydrogen) atoms. The van der Waals surface area contributed by atoms with Crippen LogP contribution in [-0.2, 0) is 20.9 Å². The van der Waals surface area contributed by atoms with E-state index in [0.717, 1.165) is 24.8 Å². The molecule has 1 saturated heterocycles. The van der Waals surface area contributed by atoms with Gasteiger partial charge in [0.25, 0.3) is 5.91 Å². The lowest BCUT2D eigenvalue weighted by Crippen LogP contribution is -2.39. The fourth-order valence-electron chi connectivity index (χ4n) is 3.27. The minimum absolute atomic E-state index is 0.265. The van der Waals surface area contributed by atoms with Gasteiger partial charge in [0.15, 0.2) is 11.5 Å². The van der Waals surface area contributed by atoms with E-state index in [9.17, 15) is 14.7 Å². The van der Waals surface area contributed by atoms with E-state index in [2.05, 4.69) is 10.3 Å². The van der Waals surface area contributed by atoms with Crippen LogP contribution in [0.1, 0.15) is 31.7 Å². The average molecular weight is 391 g/mol. The highest BCUT2D eigenvalue weighted by Gasteiger charge is 2.39. The first kappa shape index (κ1) is 19.9. The van der Waals surface area contributed by atoms with Gasteiger partial charge in [0.05, 0.1) is 39.2 Å². The number of rotatable bonds is 9. The highest BCUT2D eigenvalue weighted by Crippen LogP contribution is 2.41. The molecule has 2 aliphatic heterocycles. The van der Waals surface area contributed by atoms with Gasteiger partial charge in [-0.05, 0) is 31.4 Å². The molecule has 1 amide bonds. The Hall–Kier alpha value is -2.81. The molecule has 0 aliphatic carbocycles. The number of carbonyl (C=O) groups is 2. The van der Waals surface area contributed by atoms with E-state index >= 15 is 0 Å². The molecule has 0 spiro atoms. The predicted octanol–water partition coefficient (Wildman–Crippen LogP) is 1.10. The monoisotopic (exact) mass is 391 g/mol. The third kappa shape index (κ3) is 4.19. The van der Waals surface area contributed by atoms with Gasteiger partial charge in [0.2, 0.25) is 5.96 Å². The molecular formula is C19H25N3O6. The zero-order valence-electron chi connectivity index (χ0n) is 16.1. The second kappa shape index (κ2) is 8.92. The molecule has 1 unspecified atom stereocenters. The minimum atomic E-state index is -0.654. The molecule has 9 heteroatoms. The maximum absolute atomic E-state index is 12.0. The Bertz CT molecular complexity index is 779. The minimum Gasteiger partial charge on any atom is -0.492 e. The Balaban J connectivity index is 1.63. The van der Waals surface area contributed by atoms with E-state index in [1.807, 2.05) is 6.07 Å². The zero-order valence-corrected chi connectivity index (χ0v) is 16.1. The van der Waals surface area contributed by atoms with Gasteiger partial charge < -0.3 is 24.2 Å². The number of ether oxygens (including phenoxy) is 3. The van der Waals surface area contributed by atoms with Crippen LogP contribution in [0, 0.1) is 0 Å². The van der Waals surface area contributed by atoms with E-state index < -0.39 is 6.04 Å². The number of benzene rings is 1. The molecule has 0 saturated carbocycles. The number of hydrogen-bond acceptors (Lipinski definition) is 8. The summed E-state index contributed by atoms with van der Waals surface area (Å²) in [6.45, 7) is 2.43. The quantitative estimate of drug-likeness (QED) is 0.479. The zero-order chi connectivity index (χ0) is 20.1. The van der Waals surface area contributed by atoms with Gasteiger partial charge in [-0.2, -0.15) is 0 Å². The number of aliphatic imine (C=N–C) groups is 1. The summed E-state index contributed by atoms with van der Waals surface area (Å²) in [6, 6.07) is 2.98. The average Bonchev–Trinajstić information content (AvgIpc) is 2.98. The van der Waals surface area contributed by atoms with Crippen molar-refractivity contribution in [3.8, 4) is 11.5 Å². The Morgan fingerprint density at radius 1 is 1.32 bits per heavy atom. The molecule has 0 aromatic heterocycles.